The molecule has 1 unspecified atom stereocenters. The van der Waals surface area contributed by atoms with Gasteiger partial charge in [0.05, 0.1) is 24.1 Å². The van der Waals surface area contributed by atoms with Crippen LogP contribution in [0.1, 0.15) is 72.9 Å². The first kappa shape index (κ1) is 38.2. The van der Waals surface area contributed by atoms with Gasteiger partial charge in [0, 0.05) is 39.2 Å². The summed E-state index contributed by atoms with van der Waals surface area (Å²) in [5.41, 5.74) is -3.46. The van der Waals surface area contributed by atoms with Crippen molar-refractivity contribution in [2.45, 2.75) is 90.3 Å². The standard InChI is InChI=1S/C36H42F5N7O4.H2/c1-7-10-29(36(39,40)41)42-21-46(6)23-13-11-22(12-14-23)20-48-28-17-24(30-44-45-32(51-30)47-15-8-9-16-47)26(37)18-25(28)35(5,38)19-27(31(48)49)43-33(50)52-34(2,3)4;/h10-14,17-18,21,27H,7-9,15-16,19-20H2,1-6H3,(H,43,50);1H/b29-10+,42-21?;/t27-,35?;/m1./s1. The van der Waals surface area contributed by atoms with Crippen LogP contribution in [0.3, 0.4) is 0 Å². The van der Waals surface area contributed by atoms with Crippen molar-refractivity contribution in [1.82, 2.24) is 15.5 Å². The lowest BCUT2D eigenvalue weighted by atomic mass is 9.90. The van der Waals surface area contributed by atoms with E-state index in [1.165, 1.54) is 29.8 Å². The van der Waals surface area contributed by atoms with E-state index in [1.807, 2.05) is 4.90 Å². The first-order chi connectivity index (χ1) is 24.4. The van der Waals surface area contributed by atoms with Crippen molar-refractivity contribution < 1.29 is 42.1 Å². The van der Waals surface area contributed by atoms with Gasteiger partial charge in [0.1, 0.15) is 28.8 Å². The summed E-state index contributed by atoms with van der Waals surface area (Å²) in [6.45, 7) is 8.96. The van der Waals surface area contributed by atoms with Gasteiger partial charge in [-0.05, 0) is 76.8 Å². The molecule has 2 atom stereocenters. The molecular formula is C36H44F5N7O4. The number of ether oxygens (including phenoxy) is 1. The minimum absolute atomic E-state index is 0. The van der Waals surface area contributed by atoms with E-state index in [-0.39, 0.29) is 43.1 Å². The molecule has 2 aliphatic rings. The number of carbonyl (C=O) groups excluding carboxylic acids is 2. The molecule has 1 fully saturated rings. The molecule has 2 aliphatic heterocycles. The largest absolute Gasteiger partial charge is 0.444 e. The molecule has 0 saturated carbocycles. The second-order valence-corrected chi connectivity index (χ2v) is 14.0. The smallest absolute Gasteiger partial charge is 0.433 e. The zero-order valence-electron chi connectivity index (χ0n) is 29.9. The number of anilines is 3. The highest BCUT2D eigenvalue weighted by atomic mass is 19.4. The Kier molecular flexibility index (Phi) is 11.0. The fraction of sp³-hybridized carbons (Fsp3) is 0.472. The van der Waals surface area contributed by atoms with E-state index < -0.39 is 53.4 Å². The molecule has 0 spiro atoms. The van der Waals surface area contributed by atoms with Crippen LogP contribution in [0.15, 0.2) is 57.6 Å². The van der Waals surface area contributed by atoms with Crippen LogP contribution in [-0.2, 0) is 21.7 Å². The molecule has 1 N–H and O–H groups in total. The number of hydrogen-bond donors (Lipinski definition) is 1. The van der Waals surface area contributed by atoms with Crippen LogP contribution in [0.25, 0.3) is 11.5 Å². The average Bonchev–Trinajstić information content (AvgIpc) is 3.75. The Balaban J connectivity index is 0.00000627. The third kappa shape index (κ3) is 8.88. The maximum absolute atomic E-state index is 16.7. The molecule has 0 bridgehead atoms. The van der Waals surface area contributed by atoms with Crippen molar-refractivity contribution in [2.24, 2.45) is 4.99 Å². The molecule has 52 heavy (non-hydrogen) atoms. The van der Waals surface area contributed by atoms with Crippen LogP contribution in [0, 0.1) is 5.82 Å². The predicted molar refractivity (Wildman–Crippen MR) is 188 cm³/mol. The second kappa shape index (κ2) is 14.9. The number of alkyl halides is 4. The summed E-state index contributed by atoms with van der Waals surface area (Å²) in [5.74, 6) is -1.69. The predicted octanol–water partition coefficient (Wildman–Crippen LogP) is 8.06. The first-order valence-electron chi connectivity index (χ1n) is 16.9. The highest BCUT2D eigenvalue weighted by molar-refractivity contribution is 6.01. The van der Waals surface area contributed by atoms with E-state index in [1.54, 1.807) is 52.0 Å². The third-order valence-electron chi connectivity index (χ3n) is 8.54. The van der Waals surface area contributed by atoms with Gasteiger partial charge < -0.3 is 29.2 Å². The maximum Gasteiger partial charge on any atom is 0.433 e. The molecule has 3 heterocycles. The van der Waals surface area contributed by atoms with Crippen LogP contribution >= 0.6 is 0 Å². The fourth-order valence-electron chi connectivity index (χ4n) is 6.01. The number of nitrogens with zero attached hydrogens (tertiary/aromatic N) is 6. The summed E-state index contributed by atoms with van der Waals surface area (Å²) in [5, 5.41) is 10.6. The van der Waals surface area contributed by atoms with Crippen molar-refractivity contribution in [1.29, 1.82) is 0 Å². The van der Waals surface area contributed by atoms with E-state index >= 15 is 8.78 Å². The quantitative estimate of drug-likeness (QED) is 0.133. The summed E-state index contributed by atoms with van der Waals surface area (Å²) >= 11 is 0. The number of halogens is 5. The number of aliphatic imine (C=N–C) groups is 1. The average molecular weight is 734 g/mol. The SMILES string of the molecule is CC/C=C(/N=CN(C)c1ccc(CN2C(=O)[C@H](NC(=O)OC(C)(C)C)CC(C)(F)c3cc(F)c(-c4nnc(N5CCCC5)o4)cc32)cc1)C(F)(F)F.[HH]. The summed E-state index contributed by atoms with van der Waals surface area (Å²) in [6.07, 6.45) is -2.00. The van der Waals surface area contributed by atoms with Gasteiger partial charge in [-0.25, -0.2) is 18.6 Å². The number of alkyl carbamates (subject to hydrolysis) is 1. The molecular weight excluding hydrogens is 689 g/mol. The maximum atomic E-state index is 16.7. The Labute approximate surface area is 300 Å². The van der Waals surface area contributed by atoms with Gasteiger partial charge in [-0.2, -0.15) is 13.2 Å². The fourth-order valence-corrected chi connectivity index (χ4v) is 6.01. The number of allylic oxidation sites excluding steroid dienone is 2. The summed E-state index contributed by atoms with van der Waals surface area (Å²) < 4.78 is 83.6. The van der Waals surface area contributed by atoms with Gasteiger partial charge in [0.2, 0.25) is 5.91 Å². The van der Waals surface area contributed by atoms with Crippen LogP contribution in [-0.4, -0.2) is 66.5 Å². The molecule has 16 heteroatoms. The van der Waals surface area contributed by atoms with E-state index in [2.05, 4.69) is 20.5 Å². The lowest BCUT2D eigenvalue weighted by molar-refractivity contribution is -0.121. The molecule has 2 amide bonds. The molecule has 2 aromatic carbocycles. The summed E-state index contributed by atoms with van der Waals surface area (Å²) in [4.78, 5) is 35.2. The number of carbonyl (C=O) groups is 2. The number of aromatic nitrogens is 2. The number of fused-ring (bicyclic) bond motifs is 1. The highest BCUT2D eigenvalue weighted by Crippen LogP contribution is 2.44. The molecule has 0 radical (unpaired) electrons. The molecule has 5 rings (SSSR count). The number of amides is 2. The Bertz CT molecular complexity index is 1830. The Morgan fingerprint density at radius 1 is 1.17 bits per heavy atom. The van der Waals surface area contributed by atoms with Crippen molar-refractivity contribution >= 4 is 35.7 Å². The Morgan fingerprint density at radius 2 is 1.85 bits per heavy atom. The summed E-state index contributed by atoms with van der Waals surface area (Å²) in [6, 6.07) is 7.61. The normalized spacial score (nSPS) is 19.9. The molecule has 1 saturated heterocycles. The van der Waals surface area contributed by atoms with Gasteiger partial charge >= 0.3 is 18.3 Å². The van der Waals surface area contributed by atoms with Crippen molar-refractivity contribution in [3.8, 4) is 11.5 Å². The van der Waals surface area contributed by atoms with E-state index in [0.717, 1.165) is 31.3 Å². The Hall–Kier alpha value is -5.02. The van der Waals surface area contributed by atoms with Crippen LogP contribution < -0.4 is 20.0 Å². The van der Waals surface area contributed by atoms with Crippen LogP contribution in [0.5, 0.6) is 0 Å². The van der Waals surface area contributed by atoms with Gasteiger partial charge in [0.15, 0.2) is 0 Å². The zero-order chi connectivity index (χ0) is 38.0. The van der Waals surface area contributed by atoms with Crippen LogP contribution in [0.2, 0.25) is 0 Å². The van der Waals surface area contributed by atoms with Crippen molar-refractivity contribution in [3.63, 3.8) is 0 Å². The first-order valence-corrected chi connectivity index (χ1v) is 16.9. The molecule has 1 aromatic heterocycles. The van der Waals surface area contributed by atoms with Gasteiger partial charge in [0.25, 0.3) is 5.89 Å². The topological polar surface area (TPSA) is 116 Å². The molecule has 0 aliphatic carbocycles. The molecule has 3 aromatic rings. The Morgan fingerprint density at radius 3 is 2.46 bits per heavy atom. The van der Waals surface area contributed by atoms with E-state index in [0.29, 0.717) is 24.3 Å². The van der Waals surface area contributed by atoms with Crippen molar-refractivity contribution in [2.75, 3.05) is 34.8 Å². The van der Waals surface area contributed by atoms with E-state index in [4.69, 9.17) is 9.15 Å². The zero-order valence-corrected chi connectivity index (χ0v) is 29.9. The van der Waals surface area contributed by atoms with Crippen LogP contribution in [0.4, 0.5) is 44.1 Å². The molecule has 282 valence electrons. The minimum Gasteiger partial charge on any atom is -0.444 e. The number of nitrogens with one attached hydrogen (secondary N) is 1. The monoisotopic (exact) mass is 733 g/mol. The molecule has 11 nitrogen and oxygen atoms in total. The summed E-state index contributed by atoms with van der Waals surface area (Å²) in [7, 11) is 1.53. The van der Waals surface area contributed by atoms with Gasteiger partial charge in [-0.3, -0.25) is 4.79 Å². The lowest BCUT2D eigenvalue weighted by Gasteiger charge is -2.27. The minimum atomic E-state index is -4.61. The van der Waals surface area contributed by atoms with Crippen molar-refractivity contribution in [3.05, 3.63) is 65.1 Å². The third-order valence-corrected chi connectivity index (χ3v) is 8.54. The number of hydrogen-bond acceptors (Lipinski definition) is 8. The van der Waals surface area contributed by atoms with E-state index in [9.17, 15) is 22.8 Å². The highest BCUT2D eigenvalue weighted by Gasteiger charge is 2.44. The van der Waals surface area contributed by atoms with Gasteiger partial charge in [-0.1, -0.05) is 30.2 Å². The number of rotatable bonds is 9. The number of benzene rings is 2. The second-order valence-electron chi connectivity index (χ2n) is 14.0. The van der Waals surface area contributed by atoms with Gasteiger partial charge in [-0.15, -0.1) is 5.10 Å². The lowest BCUT2D eigenvalue weighted by Crippen LogP contribution is -2.50.